The average molecular weight is 382 g/mol. The van der Waals surface area contributed by atoms with Crippen molar-refractivity contribution in [3.05, 3.63) is 65.3 Å². The lowest BCUT2D eigenvalue weighted by Crippen LogP contribution is -2.11. The Balaban J connectivity index is 1.99. The summed E-state index contributed by atoms with van der Waals surface area (Å²) < 4.78 is 62.3. The number of aromatic carboxylic acids is 1. The van der Waals surface area contributed by atoms with Gasteiger partial charge in [-0.15, -0.1) is 0 Å². The van der Waals surface area contributed by atoms with E-state index in [1.165, 1.54) is 30.5 Å². The normalized spacial score (nSPS) is 11.4. The van der Waals surface area contributed by atoms with Crippen molar-refractivity contribution in [2.45, 2.75) is 12.8 Å². The highest BCUT2D eigenvalue weighted by atomic mass is 19.4. The fourth-order valence-electron chi connectivity index (χ4n) is 2.31. The molecule has 0 saturated carbocycles. The van der Waals surface area contributed by atoms with Gasteiger partial charge >= 0.3 is 12.1 Å². The van der Waals surface area contributed by atoms with Crippen LogP contribution in [0.4, 0.5) is 17.6 Å². The van der Waals surface area contributed by atoms with E-state index in [0.29, 0.717) is 0 Å². The molecule has 3 rings (SSSR count). The van der Waals surface area contributed by atoms with Gasteiger partial charge in [-0.2, -0.15) is 13.2 Å². The molecule has 0 atom stereocenters. The van der Waals surface area contributed by atoms with E-state index in [-0.39, 0.29) is 22.7 Å². The first-order chi connectivity index (χ1) is 12.8. The van der Waals surface area contributed by atoms with Gasteiger partial charge in [-0.05, 0) is 36.4 Å². The predicted molar refractivity (Wildman–Crippen MR) is 82.4 cm³/mol. The van der Waals surface area contributed by atoms with Crippen LogP contribution in [0.1, 0.15) is 21.7 Å². The second-order valence-corrected chi connectivity index (χ2v) is 5.29. The van der Waals surface area contributed by atoms with Crippen LogP contribution in [-0.4, -0.2) is 21.2 Å². The molecule has 0 unspecified atom stereocenters. The van der Waals surface area contributed by atoms with E-state index in [9.17, 15) is 22.4 Å². The first kappa shape index (κ1) is 18.4. The Bertz CT molecular complexity index is 968. The molecule has 140 valence electrons. The van der Waals surface area contributed by atoms with Crippen LogP contribution in [0.5, 0.6) is 5.88 Å². The van der Waals surface area contributed by atoms with Gasteiger partial charge in [0.1, 0.15) is 23.7 Å². The molecule has 6 nitrogen and oxygen atoms in total. The van der Waals surface area contributed by atoms with Crippen molar-refractivity contribution in [1.29, 1.82) is 0 Å². The van der Waals surface area contributed by atoms with Crippen molar-refractivity contribution in [2.75, 3.05) is 0 Å². The summed E-state index contributed by atoms with van der Waals surface area (Å²) in [5, 5.41) is 12.5. The van der Waals surface area contributed by atoms with Gasteiger partial charge in [0.05, 0.1) is 5.56 Å². The molecule has 0 aliphatic heterocycles. The van der Waals surface area contributed by atoms with E-state index >= 15 is 0 Å². The highest BCUT2D eigenvalue weighted by molar-refractivity contribution is 5.90. The van der Waals surface area contributed by atoms with Gasteiger partial charge in [0.15, 0.2) is 0 Å². The average Bonchev–Trinajstić information content (AvgIpc) is 3.05. The monoisotopic (exact) mass is 382 g/mol. The number of ether oxygens (including phenoxy) is 1. The van der Waals surface area contributed by atoms with Crippen LogP contribution >= 0.6 is 0 Å². The van der Waals surface area contributed by atoms with Crippen molar-refractivity contribution >= 4 is 5.97 Å². The first-order valence-electron chi connectivity index (χ1n) is 7.40. The van der Waals surface area contributed by atoms with Crippen LogP contribution in [0, 0.1) is 5.82 Å². The molecule has 1 aromatic carbocycles. The summed E-state index contributed by atoms with van der Waals surface area (Å²) in [4.78, 5) is 14.9. The van der Waals surface area contributed by atoms with Gasteiger partial charge in [0.25, 0.3) is 0 Å². The van der Waals surface area contributed by atoms with Crippen molar-refractivity contribution in [1.82, 2.24) is 10.1 Å². The minimum atomic E-state index is -4.86. The molecule has 0 amide bonds. The number of carbonyl (C=O) groups is 1. The Kier molecular flexibility index (Phi) is 4.80. The highest BCUT2D eigenvalue weighted by Gasteiger charge is 2.40. The number of hydrogen-bond donors (Lipinski definition) is 1. The SMILES string of the molecule is O=C(O)c1cccnc1OCc1c(-c2ccc(F)cc2)noc1C(F)(F)F. The Labute approximate surface area is 149 Å². The number of nitrogens with zero attached hydrogens (tertiary/aromatic N) is 2. The maximum Gasteiger partial charge on any atom is 0.452 e. The van der Waals surface area contributed by atoms with Gasteiger partial charge in [-0.1, -0.05) is 5.16 Å². The summed E-state index contributed by atoms with van der Waals surface area (Å²) in [5.41, 5.74) is -0.800. The number of pyridine rings is 1. The molecule has 0 spiro atoms. The maximum absolute atomic E-state index is 13.2. The molecular weight excluding hydrogens is 372 g/mol. The molecule has 2 aromatic heterocycles. The quantitative estimate of drug-likeness (QED) is 0.667. The van der Waals surface area contributed by atoms with Crippen LogP contribution in [0.15, 0.2) is 47.1 Å². The van der Waals surface area contributed by atoms with E-state index < -0.39 is 35.9 Å². The number of halogens is 4. The Morgan fingerprint density at radius 3 is 2.52 bits per heavy atom. The van der Waals surface area contributed by atoms with Gasteiger partial charge in [0, 0.05) is 11.8 Å². The van der Waals surface area contributed by atoms with Crippen LogP contribution in [0.2, 0.25) is 0 Å². The molecule has 0 aliphatic rings. The first-order valence-corrected chi connectivity index (χ1v) is 7.40. The van der Waals surface area contributed by atoms with Crippen molar-refractivity contribution in [3.63, 3.8) is 0 Å². The van der Waals surface area contributed by atoms with Crippen LogP contribution < -0.4 is 4.74 Å². The number of rotatable bonds is 5. The van der Waals surface area contributed by atoms with Crippen molar-refractivity contribution in [3.8, 4) is 17.1 Å². The number of carboxylic acid groups (broad SMARTS) is 1. The minimum absolute atomic E-state index is 0.175. The lowest BCUT2D eigenvalue weighted by molar-refractivity contribution is -0.156. The lowest BCUT2D eigenvalue weighted by atomic mass is 10.1. The standard InChI is InChI=1S/C17H10F4N2O4/c18-10-5-3-9(4-6-10)13-12(14(27-23-13)17(19,20)21)8-26-15-11(16(24)25)2-1-7-22-15/h1-7H,8H2,(H,24,25). The molecular formula is C17H10F4N2O4. The summed E-state index contributed by atoms with van der Waals surface area (Å²) >= 11 is 0. The molecule has 2 heterocycles. The molecule has 10 heteroatoms. The van der Waals surface area contributed by atoms with Gasteiger partial charge in [0.2, 0.25) is 11.6 Å². The number of aromatic nitrogens is 2. The zero-order chi connectivity index (χ0) is 19.6. The van der Waals surface area contributed by atoms with Gasteiger partial charge < -0.3 is 14.4 Å². The Morgan fingerprint density at radius 1 is 1.19 bits per heavy atom. The van der Waals surface area contributed by atoms with E-state index in [0.717, 1.165) is 12.1 Å². The third-order valence-corrected chi connectivity index (χ3v) is 3.52. The smallest absolute Gasteiger partial charge is 0.452 e. The maximum atomic E-state index is 13.2. The molecule has 0 fully saturated rings. The third-order valence-electron chi connectivity index (χ3n) is 3.52. The summed E-state index contributed by atoms with van der Waals surface area (Å²) in [6, 6.07) is 7.14. The molecule has 0 radical (unpaired) electrons. The molecule has 0 saturated heterocycles. The number of hydrogen-bond acceptors (Lipinski definition) is 5. The van der Waals surface area contributed by atoms with E-state index in [1.807, 2.05) is 0 Å². The largest absolute Gasteiger partial charge is 0.477 e. The summed E-state index contributed by atoms with van der Waals surface area (Å²) in [7, 11) is 0. The number of carboxylic acids is 1. The van der Waals surface area contributed by atoms with E-state index in [4.69, 9.17) is 9.84 Å². The predicted octanol–water partition coefficient (Wildman–Crippen LogP) is 4.17. The number of alkyl halides is 3. The summed E-state index contributed by atoms with van der Waals surface area (Å²) in [6.45, 7) is -0.706. The van der Waals surface area contributed by atoms with Crippen LogP contribution in [0.25, 0.3) is 11.3 Å². The summed E-state index contributed by atoms with van der Waals surface area (Å²) in [6.07, 6.45) is -3.62. The molecule has 27 heavy (non-hydrogen) atoms. The Hall–Kier alpha value is -3.43. The number of benzene rings is 1. The van der Waals surface area contributed by atoms with Crippen LogP contribution in [0.3, 0.4) is 0 Å². The Morgan fingerprint density at radius 2 is 1.89 bits per heavy atom. The fourth-order valence-corrected chi connectivity index (χ4v) is 2.31. The summed E-state index contributed by atoms with van der Waals surface area (Å²) in [5.74, 6) is -3.67. The molecule has 0 bridgehead atoms. The zero-order valence-corrected chi connectivity index (χ0v) is 13.3. The van der Waals surface area contributed by atoms with Gasteiger partial charge in [-0.3, -0.25) is 0 Å². The van der Waals surface area contributed by atoms with E-state index in [1.54, 1.807) is 0 Å². The topological polar surface area (TPSA) is 85.5 Å². The van der Waals surface area contributed by atoms with E-state index in [2.05, 4.69) is 14.7 Å². The van der Waals surface area contributed by atoms with Crippen molar-refractivity contribution in [2.24, 2.45) is 0 Å². The highest BCUT2D eigenvalue weighted by Crippen LogP contribution is 2.37. The third kappa shape index (κ3) is 3.89. The zero-order valence-electron chi connectivity index (χ0n) is 13.3. The lowest BCUT2D eigenvalue weighted by Gasteiger charge is -2.10. The minimum Gasteiger partial charge on any atom is -0.477 e. The second kappa shape index (κ2) is 7.06. The van der Waals surface area contributed by atoms with Crippen molar-refractivity contribution < 1.29 is 36.7 Å². The fraction of sp³-hybridized carbons (Fsp3) is 0.118. The molecule has 0 aliphatic carbocycles. The van der Waals surface area contributed by atoms with Gasteiger partial charge in [-0.25, -0.2) is 14.2 Å². The molecule has 3 aromatic rings. The molecule has 1 N–H and O–H groups in total. The van der Waals surface area contributed by atoms with Crippen LogP contribution in [-0.2, 0) is 12.8 Å². The second-order valence-electron chi connectivity index (χ2n) is 5.29.